The molecule has 0 N–H and O–H groups in total. The number of rotatable bonds is 6. The van der Waals surface area contributed by atoms with Crippen molar-refractivity contribution < 1.29 is 4.79 Å². The zero-order valence-electron chi connectivity index (χ0n) is 13.2. The number of hydrogen-bond donors (Lipinski definition) is 0. The Hall–Kier alpha value is -2.58. The molecule has 3 aromatic rings. The zero-order chi connectivity index (χ0) is 16.8. The number of carbonyl (C=O) groups excluding carboxylic acids is 1. The summed E-state index contributed by atoms with van der Waals surface area (Å²) in [5.41, 5.74) is 3.94. The molecule has 3 aromatic carbocycles. The average molecular weight is 336 g/mol. The van der Waals surface area contributed by atoms with Gasteiger partial charge in [-0.05, 0) is 29.3 Å². The summed E-state index contributed by atoms with van der Waals surface area (Å²) >= 11 is 6.43. The predicted octanol–water partition coefficient (Wildman–Crippen LogP) is 5.36. The van der Waals surface area contributed by atoms with Gasteiger partial charge in [-0.3, -0.25) is 4.79 Å². The van der Waals surface area contributed by atoms with Gasteiger partial charge in [0, 0.05) is 18.7 Å². The van der Waals surface area contributed by atoms with Gasteiger partial charge in [-0.1, -0.05) is 72.3 Å². The van der Waals surface area contributed by atoms with Crippen LogP contribution in [0.4, 0.5) is 5.69 Å². The van der Waals surface area contributed by atoms with Crippen molar-refractivity contribution in [1.29, 1.82) is 0 Å². The second kappa shape index (κ2) is 7.80. The van der Waals surface area contributed by atoms with E-state index in [4.69, 9.17) is 11.6 Å². The van der Waals surface area contributed by atoms with Gasteiger partial charge in [-0.15, -0.1) is 0 Å². The summed E-state index contributed by atoms with van der Waals surface area (Å²) in [5.74, 6) is 0. The third-order valence-corrected chi connectivity index (χ3v) is 4.18. The highest BCUT2D eigenvalue weighted by Crippen LogP contribution is 2.29. The first-order valence-corrected chi connectivity index (χ1v) is 8.21. The molecule has 0 saturated heterocycles. The van der Waals surface area contributed by atoms with Gasteiger partial charge in [0.25, 0.3) is 0 Å². The molecular formula is C21H18ClNO. The van der Waals surface area contributed by atoms with Gasteiger partial charge in [-0.2, -0.15) is 0 Å². The van der Waals surface area contributed by atoms with E-state index < -0.39 is 0 Å². The van der Waals surface area contributed by atoms with Crippen LogP contribution in [0.3, 0.4) is 0 Å². The molecule has 2 nitrogen and oxygen atoms in total. The van der Waals surface area contributed by atoms with E-state index in [0.29, 0.717) is 10.6 Å². The highest BCUT2D eigenvalue weighted by atomic mass is 35.5. The first kappa shape index (κ1) is 16.3. The van der Waals surface area contributed by atoms with E-state index in [1.807, 2.05) is 42.5 Å². The lowest BCUT2D eigenvalue weighted by Crippen LogP contribution is -2.22. The zero-order valence-corrected chi connectivity index (χ0v) is 14.0. The molecule has 0 saturated carbocycles. The molecule has 0 aliphatic heterocycles. The van der Waals surface area contributed by atoms with E-state index in [2.05, 4.69) is 29.2 Å². The van der Waals surface area contributed by atoms with Gasteiger partial charge in [0.2, 0.25) is 0 Å². The van der Waals surface area contributed by atoms with Crippen LogP contribution in [-0.2, 0) is 13.1 Å². The van der Waals surface area contributed by atoms with Crippen LogP contribution in [-0.4, -0.2) is 6.29 Å². The van der Waals surface area contributed by atoms with Gasteiger partial charge in [-0.25, -0.2) is 0 Å². The predicted molar refractivity (Wildman–Crippen MR) is 99.6 cm³/mol. The van der Waals surface area contributed by atoms with Crippen LogP contribution in [0.25, 0.3) is 0 Å². The maximum Gasteiger partial charge on any atom is 0.150 e. The lowest BCUT2D eigenvalue weighted by Gasteiger charge is -2.26. The Balaban J connectivity index is 1.93. The van der Waals surface area contributed by atoms with Crippen molar-refractivity contribution >= 4 is 23.6 Å². The topological polar surface area (TPSA) is 20.3 Å². The second-order valence-corrected chi connectivity index (χ2v) is 6.06. The van der Waals surface area contributed by atoms with Crippen molar-refractivity contribution in [3.05, 3.63) is 101 Å². The van der Waals surface area contributed by atoms with E-state index in [1.165, 1.54) is 11.1 Å². The fourth-order valence-electron chi connectivity index (χ4n) is 2.69. The smallest absolute Gasteiger partial charge is 0.150 e. The summed E-state index contributed by atoms with van der Waals surface area (Å²) in [4.78, 5) is 13.2. The highest BCUT2D eigenvalue weighted by Gasteiger charge is 2.12. The lowest BCUT2D eigenvalue weighted by atomic mass is 10.1. The quantitative estimate of drug-likeness (QED) is 0.565. The average Bonchev–Trinajstić information content (AvgIpc) is 2.63. The molecule has 0 aliphatic carbocycles. The number of carbonyl (C=O) groups is 1. The van der Waals surface area contributed by atoms with Gasteiger partial charge < -0.3 is 4.90 Å². The number of aldehydes is 1. The van der Waals surface area contributed by atoms with E-state index in [1.54, 1.807) is 12.1 Å². The van der Waals surface area contributed by atoms with E-state index in [0.717, 1.165) is 25.1 Å². The van der Waals surface area contributed by atoms with Crippen molar-refractivity contribution in [1.82, 2.24) is 0 Å². The normalized spacial score (nSPS) is 10.4. The van der Waals surface area contributed by atoms with Gasteiger partial charge >= 0.3 is 0 Å². The number of nitrogens with zero attached hydrogens (tertiary/aromatic N) is 1. The van der Waals surface area contributed by atoms with Gasteiger partial charge in [0.05, 0.1) is 10.7 Å². The third kappa shape index (κ3) is 4.03. The van der Waals surface area contributed by atoms with Gasteiger partial charge in [0.15, 0.2) is 0 Å². The Morgan fingerprint density at radius 1 is 0.792 bits per heavy atom. The number of benzene rings is 3. The lowest BCUT2D eigenvalue weighted by molar-refractivity contribution is 0.112. The molecule has 0 unspecified atom stereocenters. The van der Waals surface area contributed by atoms with Crippen LogP contribution in [0.15, 0.2) is 78.9 Å². The molecule has 0 aromatic heterocycles. The van der Waals surface area contributed by atoms with Crippen LogP contribution in [0.1, 0.15) is 21.5 Å². The summed E-state index contributed by atoms with van der Waals surface area (Å²) in [6, 6.07) is 26.0. The summed E-state index contributed by atoms with van der Waals surface area (Å²) < 4.78 is 0. The van der Waals surface area contributed by atoms with Crippen molar-refractivity contribution in [2.75, 3.05) is 4.90 Å². The third-order valence-electron chi connectivity index (χ3n) is 3.88. The van der Waals surface area contributed by atoms with Gasteiger partial charge in [0.1, 0.15) is 6.29 Å². The Kier molecular flexibility index (Phi) is 5.29. The second-order valence-electron chi connectivity index (χ2n) is 5.66. The minimum Gasteiger partial charge on any atom is -0.362 e. The molecular weight excluding hydrogens is 318 g/mol. The minimum atomic E-state index is 0.586. The van der Waals surface area contributed by atoms with Crippen LogP contribution in [0.2, 0.25) is 5.02 Å². The van der Waals surface area contributed by atoms with Crippen LogP contribution >= 0.6 is 11.6 Å². The van der Waals surface area contributed by atoms with Crippen LogP contribution in [0.5, 0.6) is 0 Å². The monoisotopic (exact) mass is 335 g/mol. The molecule has 0 radical (unpaired) electrons. The SMILES string of the molecule is O=Cc1ccc(N(Cc2ccccc2)Cc2ccccc2)c(Cl)c1. The maximum absolute atomic E-state index is 10.9. The summed E-state index contributed by atoms with van der Waals surface area (Å²) in [6.45, 7) is 1.49. The Bertz CT molecular complexity index is 761. The van der Waals surface area contributed by atoms with Crippen molar-refractivity contribution in [3.8, 4) is 0 Å². The number of hydrogen-bond acceptors (Lipinski definition) is 2. The number of halogens is 1. The van der Waals surface area contributed by atoms with Crippen molar-refractivity contribution in [2.45, 2.75) is 13.1 Å². The number of anilines is 1. The fraction of sp³-hybridized carbons (Fsp3) is 0.0952. The largest absolute Gasteiger partial charge is 0.362 e. The molecule has 120 valence electrons. The molecule has 3 heteroatoms. The fourth-order valence-corrected chi connectivity index (χ4v) is 3.00. The van der Waals surface area contributed by atoms with E-state index >= 15 is 0 Å². The molecule has 3 rings (SSSR count). The summed E-state index contributed by atoms with van der Waals surface area (Å²) in [7, 11) is 0. The van der Waals surface area contributed by atoms with Crippen molar-refractivity contribution in [2.24, 2.45) is 0 Å². The van der Waals surface area contributed by atoms with E-state index in [9.17, 15) is 4.79 Å². The molecule has 0 atom stereocenters. The summed E-state index contributed by atoms with van der Waals surface area (Å²) in [5, 5.41) is 0.589. The Morgan fingerprint density at radius 2 is 1.33 bits per heavy atom. The Labute approximate surface area is 147 Å². The first-order valence-electron chi connectivity index (χ1n) is 7.84. The van der Waals surface area contributed by atoms with Crippen LogP contribution < -0.4 is 4.90 Å². The highest BCUT2D eigenvalue weighted by molar-refractivity contribution is 6.33. The molecule has 0 fully saturated rings. The molecule has 0 spiro atoms. The molecule has 0 aliphatic rings. The van der Waals surface area contributed by atoms with Crippen molar-refractivity contribution in [3.63, 3.8) is 0 Å². The molecule has 0 amide bonds. The maximum atomic E-state index is 10.9. The Morgan fingerprint density at radius 3 is 1.79 bits per heavy atom. The first-order chi connectivity index (χ1) is 11.8. The van der Waals surface area contributed by atoms with E-state index in [-0.39, 0.29) is 0 Å². The standard InChI is InChI=1S/C21H18ClNO/c22-20-13-19(16-24)11-12-21(20)23(14-17-7-3-1-4-8-17)15-18-9-5-2-6-10-18/h1-13,16H,14-15H2. The molecule has 0 heterocycles. The van der Waals surface area contributed by atoms with Crippen LogP contribution in [0, 0.1) is 0 Å². The molecule has 24 heavy (non-hydrogen) atoms. The summed E-state index contributed by atoms with van der Waals surface area (Å²) in [6.07, 6.45) is 0.814. The molecule has 0 bridgehead atoms. The minimum absolute atomic E-state index is 0.586.